The monoisotopic (exact) mass is 505 g/mol. The van der Waals surface area contributed by atoms with E-state index in [1.807, 2.05) is 6.92 Å². The highest BCUT2D eigenvalue weighted by Gasteiger charge is 2.42. The molecule has 0 atom stereocenters. The lowest BCUT2D eigenvalue weighted by Gasteiger charge is -2.38. The van der Waals surface area contributed by atoms with E-state index >= 15 is 0 Å². The maximum absolute atomic E-state index is 13.8. The molecule has 1 fully saturated rings. The second kappa shape index (κ2) is 8.55. The minimum absolute atomic E-state index is 0.0772. The van der Waals surface area contributed by atoms with Crippen molar-refractivity contribution in [2.24, 2.45) is 0 Å². The fraction of sp³-hybridized carbons (Fsp3) is 0.417. The van der Waals surface area contributed by atoms with Gasteiger partial charge in [0.05, 0.1) is 15.6 Å². The molecule has 8 nitrogen and oxygen atoms in total. The molecule has 182 valence electrons. The Morgan fingerprint density at radius 2 is 1.76 bits per heavy atom. The number of ether oxygens (including phenoxy) is 1. The first-order chi connectivity index (χ1) is 15.8. The van der Waals surface area contributed by atoms with E-state index < -0.39 is 27.3 Å². The van der Waals surface area contributed by atoms with E-state index in [1.54, 1.807) is 45.0 Å². The highest BCUT2D eigenvalue weighted by molar-refractivity contribution is 7.90. The zero-order chi connectivity index (χ0) is 24.9. The number of aliphatic hydroxyl groups is 1. The molecule has 0 saturated carbocycles. The summed E-state index contributed by atoms with van der Waals surface area (Å²) in [6.45, 7) is 7.65. The Kier molecular flexibility index (Phi) is 6.16. The van der Waals surface area contributed by atoms with Crippen LogP contribution in [0.2, 0.25) is 5.02 Å². The van der Waals surface area contributed by atoms with Crippen molar-refractivity contribution in [1.82, 2.24) is 13.9 Å². The molecule has 3 aromatic rings. The van der Waals surface area contributed by atoms with Gasteiger partial charge in [-0.1, -0.05) is 29.3 Å². The van der Waals surface area contributed by atoms with Crippen LogP contribution < -0.4 is 0 Å². The largest absolute Gasteiger partial charge is 0.444 e. The number of likely N-dealkylation sites (tertiary alicyclic amines) is 1. The van der Waals surface area contributed by atoms with Crippen molar-refractivity contribution in [3.05, 3.63) is 58.9 Å². The topological polar surface area (TPSA) is 102 Å². The summed E-state index contributed by atoms with van der Waals surface area (Å²) < 4.78 is 34.0. The fourth-order valence-corrected chi connectivity index (χ4v) is 5.81. The minimum atomic E-state index is -4.10. The normalized spacial score (nSPS) is 16.6. The first-order valence-corrected chi connectivity index (χ1v) is 12.8. The molecule has 0 unspecified atom stereocenters. The number of amides is 1. The number of pyridine rings is 1. The highest BCUT2D eigenvalue weighted by Crippen LogP contribution is 2.39. The summed E-state index contributed by atoms with van der Waals surface area (Å²) in [5.41, 5.74) is -0.910. The molecule has 0 spiro atoms. The van der Waals surface area contributed by atoms with Gasteiger partial charge in [0.15, 0.2) is 5.65 Å². The molecule has 1 amide bonds. The molecule has 34 heavy (non-hydrogen) atoms. The van der Waals surface area contributed by atoms with Crippen LogP contribution in [-0.2, 0) is 20.4 Å². The average Bonchev–Trinajstić information content (AvgIpc) is 3.16. The molecule has 1 saturated heterocycles. The van der Waals surface area contributed by atoms with Crippen LogP contribution in [0.15, 0.2) is 47.5 Å². The average molecular weight is 506 g/mol. The quantitative estimate of drug-likeness (QED) is 0.564. The summed E-state index contributed by atoms with van der Waals surface area (Å²) in [6, 6.07) is 9.64. The lowest BCUT2D eigenvalue weighted by atomic mass is 9.88. The Labute approximate surface area is 204 Å². The van der Waals surface area contributed by atoms with E-state index in [0.717, 1.165) is 9.54 Å². The number of fused-ring (bicyclic) bond motifs is 1. The molecule has 10 heteroatoms. The summed E-state index contributed by atoms with van der Waals surface area (Å²) >= 11 is 6.37. The summed E-state index contributed by atoms with van der Waals surface area (Å²) in [4.78, 5) is 18.4. The molecule has 1 aliphatic heterocycles. The zero-order valence-electron chi connectivity index (χ0n) is 19.6. The van der Waals surface area contributed by atoms with E-state index in [4.69, 9.17) is 16.3 Å². The second-order valence-corrected chi connectivity index (χ2v) is 11.8. The SMILES string of the molecule is Cc1ccc(S(=O)(=O)n2c(C3(O)CCN(C(=O)OC(C)(C)C)CC3)cc3c(Cl)ccnc32)cc1. The first kappa shape index (κ1) is 24.5. The predicted octanol–water partition coefficient (Wildman–Crippen LogP) is 4.45. The predicted molar refractivity (Wildman–Crippen MR) is 129 cm³/mol. The molecule has 1 N–H and O–H groups in total. The molecular formula is C24H28ClN3O5S. The van der Waals surface area contributed by atoms with E-state index in [9.17, 15) is 18.3 Å². The van der Waals surface area contributed by atoms with Gasteiger partial charge in [-0.15, -0.1) is 0 Å². The number of aryl methyl sites for hydroxylation is 1. The van der Waals surface area contributed by atoms with Crippen LogP contribution in [0, 0.1) is 6.92 Å². The van der Waals surface area contributed by atoms with Gasteiger partial charge in [-0.25, -0.2) is 22.2 Å². The van der Waals surface area contributed by atoms with Crippen molar-refractivity contribution in [1.29, 1.82) is 0 Å². The number of hydrogen-bond donors (Lipinski definition) is 1. The third-order valence-corrected chi connectivity index (χ3v) is 7.93. The molecule has 3 heterocycles. The van der Waals surface area contributed by atoms with Gasteiger partial charge in [0.2, 0.25) is 0 Å². The molecule has 2 aromatic heterocycles. The van der Waals surface area contributed by atoms with Crippen molar-refractivity contribution < 1.29 is 23.1 Å². The van der Waals surface area contributed by atoms with Gasteiger partial charge in [0.1, 0.15) is 11.2 Å². The lowest BCUT2D eigenvalue weighted by molar-refractivity contribution is -0.0384. The van der Waals surface area contributed by atoms with Gasteiger partial charge in [-0.2, -0.15) is 0 Å². The number of halogens is 1. The number of hydrogen-bond acceptors (Lipinski definition) is 6. The minimum Gasteiger partial charge on any atom is -0.444 e. The van der Waals surface area contributed by atoms with Crippen LogP contribution in [-0.4, -0.2) is 52.2 Å². The van der Waals surface area contributed by atoms with Crippen molar-refractivity contribution in [3.63, 3.8) is 0 Å². The Morgan fingerprint density at radius 3 is 2.35 bits per heavy atom. The van der Waals surface area contributed by atoms with Crippen molar-refractivity contribution in [2.45, 2.75) is 56.6 Å². The third-order valence-electron chi connectivity index (χ3n) is 5.89. The number of carbonyl (C=O) groups excluding carboxylic acids is 1. The lowest BCUT2D eigenvalue weighted by Crippen LogP contribution is -2.47. The Bertz CT molecular complexity index is 1340. The smallest absolute Gasteiger partial charge is 0.410 e. The number of piperidine rings is 1. The van der Waals surface area contributed by atoms with Crippen molar-refractivity contribution in [3.8, 4) is 0 Å². The molecule has 1 aliphatic rings. The van der Waals surface area contributed by atoms with Crippen LogP contribution in [0.3, 0.4) is 0 Å². The molecular weight excluding hydrogens is 478 g/mol. The van der Waals surface area contributed by atoms with Gasteiger partial charge < -0.3 is 14.7 Å². The van der Waals surface area contributed by atoms with Crippen LogP contribution in [0.5, 0.6) is 0 Å². The summed E-state index contributed by atoms with van der Waals surface area (Å²) in [6.07, 6.45) is 1.23. The fourth-order valence-electron chi connectivity index (χ4n) is 4.07. The Morgan fingerprint density at radius 1 is 1.15 bits per heavy atom. The van der Waals surface area contributed by atoms with E-state index in [0.29, 0.717) is 10.4 Å². The highest BCUT2D eigenvalue weighted by atomic mass is 35.5. The Hall–Kier alpha value is -2.62. The summed E-state index contributed by atoms with van der Waals surface area (Å²) in [5, 5.41) is 12.4. The maximum Gasteiger partial charge on any atom is 0.410 e. The van der Waals surface area contributed by atoms with Crippen molar-refractivity contribution in [2.75, 3.05) is 13.1 Å². The van der Waals surface area contributed by atoms with Gasteiger partial charge in [0.25, 0.3) is 10.0 Å². The number of nitrogens with zero attached hydrogens (tertiary/aromatic N) is 3. The van der Waals surface area contributed by atoms with Crippen molar-refractivity contribution >= 4 is 38.8 Å². The van der Waals surface area contributed by atoms with Crippen LogP contribution >= 0.6 is 11.6 Å². The van der Waals surface area contributed by atoms with Crippen LogP contribution in [0.1, 0.15) is 44.9 Å². The summed E-state index contributed by atoms with van der Waals surface area (Å²) in [5.74, 6) is 0. The number of carbonyl (C=O) groups is 1. The summed E-state index contributed by atoms with van der Waals surface area (Å²) in [7, 11) is -4.10. The number of rotatable bonds is 3. The molecule has 1 aromatic carbocycles. The van der Waals surface area contributed by atoms with Gasteiger partial charge in [-0.05, 0) is 64.8 Å². The standard InChI is InChI=1S/C24H28ClN3O5S/c1-16-5-7-17(8-6-16)34(31,32)28-20(15-18-19(25)9-12-26-21(18)28)24(30)10-13-27(14-11-24)22(29)33-23(2,3)4/h5-9,12,15,30H,10-11,13-14H2,1-4H3. The van der Waals surface area contributed by atoms with Crippen LogP contribution in [0.4, 0.5) is 4.79 Å². The van der Waals surface area contributed by atoms with E-state index in [2.05, 4.69) is 4.98 Å². The second-order valence-electron chi connectivity index (χ2n) is 9.64. The molecule has 0 bridgehead atoms. The zero-order valence-corrected chi connectivity index (χ0v) is 21.2. The van der Waals surface area contributed by atoms with Crippen LogP contribution in [0.25, 0.3) is 11.0 Å². The molecule has 4 rings (SSSR count). The number of benzene rings is 1. The molecule has 0 radical (unpaired) electrons. The molecule has 0 aliphatic carbocycles. The first-order valence-electron chi connectivity index (χ1n) is 11.0. The van der Waals surface area contributed by atoms with E-state index in [1.165, 1.54) is 23.2 Å². The third kappa shape index (κ3) is 4.52. The van der Waals surface area contributed by atoms with Gasteiger partial charge >= 0.3 is 6.09 Å². The van der Waals surface area contributed by atoms with E-state index in [-0.39, 0.29) is 42.2 Å². The van der Waals surface area contributed by atoms with Gasteiger partial charge in [0, 0.05) is 24.7 Å². The van der Waals surface area contributed by atoms with Gasteiger partial charge in [-0.3, -0.25) is 0 Å². The maximum atomic E-state index is 13.8. The number of aromatic nitrogens is 2. The Balaban J connectivity index is 1.77.